The Morgan fingerprint density at radius 2 is 2.00 bits per heavy atom. The number of hydrogen-bond acceptors (Lipinski definition) is 2. The molecular weight excluding hydrogens is 210 g/mol. The standard InChI is InChI=1S/C15H23NO/c1-11-8-9-13(10-14(11)17-3)15(16-2)12-6-4-5-7-12/h8-10,12,15-16H,4-7H2,1-3H3. The number of rotatable bonds is 4. The second kappa shape index (κ2) is 5.54. The summed E-state index contributed by atoms with van der Waals surface area (Å²) in [6.07, 6.45) is 5.46. The predicted molar refractivity (Wildman–Crippen MR) is 71.5 cm³/mol. The third-order valence-electron chi connectivity index (χ3n) is 3.97. The van der Waals surface area contributed by atoms with Crippen LogP contribution in [-0.2, 0) is 0 Å². The molecule has 0 spiro atoms. The molecule has 1 aliphatic rings. The van der Waals surface area contributed by atoms with Gasteiger partial charge in [0.25, 0.3) is 0 Å². The van der Waals surface area contributed by atoms with Gasteiger partial charge < -0.3 is 10.1 Å². The fourth-order valence-electron chi connectivity index (χ4n) is 3.00. The molecule has 1 unspecified atom stereocenters. The van der Waals surface area contributed by atoms with Crippen LogP contribution >= 0.6 is 0 Å². The van der Waals surface area contributed by atoms with Crippen LogP contribution in [0.2, 0.25) is 0 Å². The Morgan fingerprint density at radius 3 is 2.59 bits per heavy atom. The largest absolute Gasteiger partial charge is 0.496 e. The maximum Gasteiger partial charge on any atom is 0.122 e. The Morgan fingerprint density at radius 1 is 1.29 bits per heavy atom. The molecule has 94 valence electrons. The fraction of sp³-hybridized carbons (Fsp3) is 0.600. The zero-order valence-electron chi connectivity index (χ0n) is 11.1. The minimum atomic E-state index is 0.479. The van der Waals surface area contributed by atoms with Crippen molar-refractivity contribution >= 4 is 0 Å². The summed E-state index contributed by atoms with van der Waals surface area (Å²) in [4.78, 5) is 0. The van der Waals surface area contributed by atoms with E-state index in [1.807, 2.05) is 0 Å². The van der Waals surface area contributed by atoms with Crippen molar-refractivity contribution in [2.24, 2.45) is 5.92 Å². The molecule has 1 aromatic rings. The highest BCUT2D eigenvalue weighted by atomic mass is 16.5. The van der Waals surface area contributed by atoms with Gasteiger partial charge in [0.15, 0.2) is 0 Å². The molecule has 1 fully saturated rings. The first-order valence-corrected chi connectivity index (χ1v) is 6.58. The van der Waals surface area contributed by atoms with Gasteiger partial charge in [0.1, 0.15) is 5.75 Å². The van der Waals surface area contributed by atoms with Gasteiger partial charge in [0.05, 0.1) is 7.11 Å². The fourth-order valence-corrected chi connectivity index (χ4v) is 3.00. The number of ether oxygens (including phenoxy) is 1. The lowest BCUT2D eigenvalue weighted by atomic mass is 9.91. The Kier molecular flexibility index (Phi) is 4.06. The molecule has 0 heterocycles. The topological polar surface area (TPSA) is 21.3 Å². The normalized spacial score (nSPS) is 18.3. The maximum absolute atomic E-state index is 5.42. The van der Waals surface area contributed by atoms with E-state index >= 15 is 0 Å². The molecule has 0 bridgehead atoms. The van der Waals surface area contributed by atoms with Crippen LogP contribution in [0.4, 0.5) is 0 Å². The van der Waals surface area contributed by atoms with Gasteiger partial charge in [0, 0.05) is 6.04 Å². The molecule has 1 saturated carbocycles. The molecule has 0 aliphatic heterocycles. The van der Waals surface area contributed by atoms with Gasteiger partial charge in [-0.05, 0) is 49.9 Å². The van der Waals surface area contributed by atoms with Crippen molar-refractivity contribution in [3.8, 4) is 5.75 Å². The van der Waals surface area contributed by atoms with E-state index in [1.54, 1.807) is 7.11 Å². The molecular formula is C15H23NO. The van der Waals surface area contributed by atoms with Crippen LogP contribution in [0.15, 0.2) is 18.2 Å². The molecule has 0 aromatic heterocycles. The van der Waals surface area contributed by atoms with Crippen LogP contribution in [-0.4, -0.2) is 14.2 Å². The van der Waals surface area contributed by atoms with Gasteiger partial charge in [-0.25, -0.2) is 0 Å². The smallest absolute Gasteiger partial charge is 0.122 e. The van der Waals surface area contributed by atoms with Crippen LogP contribution in [0, 0.1) is 12.8 Å². The summed E-state index contributed by atoms with van der Waals surface area (Å²) in [5.74, 6) is 1.79. The van der Waals surface area contributed by atoms with Crippen molar-refractivity contribution in [1.82, 2.24) is 5.32 Å². The molecule has 2 heteroatoms. The van der Waals surface area contributed by atoms with Gasteiger partial charge >= 0.3 is 0 Å². The molecule has 1 N–H and O–H groups in total. The second-order valence-corrected chi connectivity index (χ2v) is 5.04. The summed E-state index contributed by atoms with van der Waals surface area (Å²) in [7, 11) is 3.81. The maximum atomic E-state index is 5.42. The Labute approximate surface area is 104 Å². The summed E-state index contributed by atoms with van der Waals surface area (Å²) >= 11 is 0. The van der Waals surface area contributed by atoms with Gasteiger partial charge in [-0.15, -0.1) is 0 Å². The molecule has 0 saturated heterocycles. The monoisotopic (exact) mass is 233 g/mol. The summed E-state index contributed by atoms with van der Waals surface area (Å²) in [6.45, 7) is 2.09. The van der Waals surface area contributed by atoms with Crippen LogP contribution in [0.1, 0.15) is 42.9 Å². The molecule has 1 aliphatic carbocycles. The van der Waals surface area contributed by atoms with Gasteiger partial charge in [-0.2, -0.15) is 0 Å². The zero-order chi connectivity index (χ0) is 12.3. The van der Waals surface area contributed by atoms with Crippen molar-refractivity contribution < 1.29 is 4.74 Å². The molecule has 17 heavy (non-hydrogen) atoms. The van der Waals surface area contributed by atoms with Gasteiger partial charge in [-0.1, -0.05) is 25.0 Å². The lowest BCUT2D eigenvalue weighted by Gasteiger charge is -2.24. The lowest BCUT2D eigenvalue weighted by molar-refractivity contribution is 0.383. The van der Waals surface area contributed by atoms with Crippen molar-refractivity contribution in [2.75, 3.05) is 14.2 Å². The third-order valence-corrected chi connectivity index (χ3v) is 3.97. The van der Waals surface area contributed by atoms with Crippen LogP contribution in [0.25, 0.3) is 0 Å². The number of aryl methyl sites for hydroxylation is 1. The summed E-state index contributed by atoms with van der Waals surface area (Å²) in [6, 6.07) is 7.06. The van der Waals surface area contributed by atoms with Crippen molar-refractivity contribution in [3.63, 3.8) is 0 Å². The summed E-state index contributed by atoms with van der Waals surface area (Å²) < 4.78 is 5.42. The number of benzene rings is 1. The van der Waals surface area contributed by atoms with Crippen LogP contribution in [0.3, 0.4) is 0 Å². The van der Waals surface area contributed by atoms with Crippen molar-refractivity contribution in [1.29, 1.82) is 0 Å². The molecule has 1 atom stereocenters. The van der Waals surface area contributed by atoms with E-state index in [4.69, 9.17) is 4.74 Å². The van der Waals surface area contributed by atoms with E-state index in [9.17, 15) is 0 Å². The highest BCUT2D eigenvalue weighted by Gasteiger charge is 2.25. The predicted octanol–water partition coefficient (Wildman–Crippen LogP) is 3.45. The Balaban J connectivity index is 2.23. The van der Waals surface area contributed by atoms with Crippen LogP contribution < -0.4 is 10.1 Å². The quantitative estimate of drug-likeness (QED) is 0.860. The first kappa shape index (κ1) is 12.4. The van der Waals surface area contributed by atoms with Crippen molar-refractivity contribution in [2.45, 2.75) is 38.6 Å². The lowest BCUT2D eigenvalue weighted by Crippen LogP contribution is -2.23. The van der Waals surface area contributed by atoms with E-state index in [1.165, 1.54) is 36.8 Å². The van der Waals surface area contributed by atoms with E-state index in [2.05, 4.69) is 37.5 Å². The first-order chi connectivity index (χ1) is 8.26. The highest BCUT2D eigenvalue weighted by molar-refractivity contribution is 5.38. The Hall–Kier alpha value is -1.02. The van der Waals surface area contributed by atoms with E-state index in [0.29, 0.717) is 6.04 Å². The van der Waals surface area contributed by atoms with E-state index in [0.717, 1.165) is 11.7 Å². The molecule has 0 amide bonds. The third kappa shape index (κ3) is 2.63. The minimum Gasteiger partial charge on any atom is -0.496 e. The van der Waals surface area contributed by atoms with Gasteiger partial charge in [0.2, 0.25) is 0 Å². The average Bonchev–Trinajstić information content (AvgIpc) is 2.86. The minimum absolute atomic E-state index is 0.479. The molecule has 2 rings (SSSR count). The Bertz CT molecular complexity index is 369. The van der Waals surface area contributed by atoms with Crippen molar-refractivity contribution in [3.05, 3.63) is 29.3 Å². The molecule has 2 nitrogen and oxygen atoms in total. The first-order valence-electron chi connectivity index (χ1n) is 6.58. The average molecular weight is 233 g/mol. The van der Waals surface area contributed by atoms with E-state index in [-0.39, 0.29) is 0 Å². The summed E-state index contributed by atoms with van der Waals surface area (Å²) in [5, 5.41) is 3.48. The summed E-state index contributed by atoms with van der Waals surface area (Å²) in [5.41, 5.74) is 2.57. The number of methoxy groups -OCH3 is 1. The number of hydrogen-bond donors (Lipinski definition) is 1. The SMILES string of the molecule is CNC(c1ccc(C)c(OC)c1)C1CCCC1. The zero-order valence-corrected chi connectivity index (χ0v) is 11.1. The number of nitrogens with one attached hydrogen (secondary N) is 1. The van der Waals surface area contributed by atoms with E-state index < -0.39 is 0 Å². The second-order valence-electron chi connectivity index (χ2n) is 5.04. The molecule has 1 aromatic carbocycles. The van der Waals surface area contributed by atoms with Gasteiger partial charge in [-0.3, -0.25) is 0 Å². The highest BCUT2D eigenvalue weighted by Crippen LogP contribution is 2.36. The molecule has 0 radical (unpaired) electrons. The van der Waals surface area contributed by atoms with Crippen LogP contribution in [0.5, 0.6) is 5.75 Å².